The molecule has 3 amide bonds. The Morgan fingerprint density at radius 2 is 1.95 bits per heavy atom. The molecular weight excluding hydrogens is 500 g/mol. The van der Waals surface area contributed by atoms with E-state index in [9.17, 15) is 19.5 Å². The number of aliphatic hydroxyl groups is 1. The quantitative estimate of drug-likeness (QED) is 0.405. The molecule has 4 heterocycles. The van der Waals surface area contributed by atoms with Crippen molar-refractivity contribution in [2.24, 2.45) is 11.8 Å². The van der Waals surface area contributed by atoms with Gasteiger partial charge < -0.3 is 24.5 Å². The maximum absolute atomic E-state index is 14.3. The van der Waals surface area contributed by atoms with Crippen LogP contribution in [0.2, 0.25) is 0 Å². The Bertz CT molecular complexity index is 1280. The van der Waals surface area contributed by atoms with Crippen molar-refractivity contribution in [1.29, 1.82) is 0 Å². The predicted octanol–water partition coefficient (Wildman–Crippen LogP) is 1.19. The number of rotatable bonds is 12. The lowest BCUT2D eigenvalue weighted by atomic mass is 9.70. The first kappa shape index (κ1) is 27.0. The molecule has 2 bridgehead atoms. The molecule has 3 aliphatic heterocycles. The minimum Gasteiger partial charge on any atom is -0.395 e. The monoisotopic (exact) mass is 536 g/mol. The molecule has 2 aromatic rings. The molecule has 0 aliphatic carbocycles. The molecule has 1 aromatic heterocycles. The third-order valence-electron chi connectivity index (χ3n) is 8.20. The first-order valence-corrected chi connectivity index (χ1v) is 13.6. The van der Waals surface area contributed by atoms with Gasteiger partial charge in [0, 0.05) is 26.2 Å². The SMILES string of the molecule is C=CCN(Cn1nnc2ccccc21)C(=O)C1N(CCO)C(=O)[C@@H]2[C@@H](C(=O)N(CC=C)CCC)[C@H]3CCC12O3. The van der Waals surface area contributed by atoms with Gasteiger partial charge in [0.25, 0.3) is 0 Å². The van der Waals surface area contributed by atoms with E-state index in [2.05, 4.69) is 23.5 Å². The van der Waals surface area contributed by atoms with Gasteiger partial charge in [0.15, 0.2) is 0 Å². The Hall–Kier alpha value is -3.57. The highest BCUT2D eigenvalue weighted by Gasteiger charge is 2.74. The first-order chi connectivity index (χ1) is 18.9. The number of hydrogen-bond donors (Lipinski definition) is 1. The van der Waals surface area contributed by atoms with Gasteiger partial charge in [0.2, 0.25) is 17.7 Å². The van der Waals surface area contributed by atoms with Crippen molar-refractivity contribution in [2.75, 3.05) is 32.8 Å². The maximum Gasteiger partial charge on any atom is 0.250 e. The Morgan fingerprint density at radius 1 is 1.21 bits per heavy atom. The van der Waals surface area contributed by atoms with E-state index in [1.54, 1.807) is 26.6 Å². The van der Waals surface area contributed by atoms with Gasteiger partial charge in [-0.2, -0.15) is 0 Å². The molecule has 208 valence electrons. The third-order valence-corrected chi connectivity index (χ3v) is 8.20. The molecule has 0 saturated carbocycles. The fourth-order valence-electron chi connectivity index (χ4n) is 6.72. The summed E-state index contributed by atoms with van der Waals surface area (Å²) in [5, 5.41) is 18.3. The summed E-state index contributed by atoms with van der Waals surface area (Å²) >= 11 is 0. The number of aromatic nitrogens is 3. The molecule has 2 unspecified atom stereocenters. The number of nitrogens with zero attached hydrogens (tertiary/aromatic N) is 6. The fraction of sp³-hybridized carbons (Fsp3) is 0.536. The van der Waals surface area contributed by atoms with Crippen LogP contribution in [-0.4, -0.2) is 103 Å². The molecule has 5 atom stereocenters. The number of carbonyl (C=O) groups excluding carboxylic acids is 3. The molecule has 3 fully saturated rings. The Kier molecular flexibility index (Phi) is 7.55. The molecule has 39 heavy (non-hydrogen) atoms. The van der Waals surface area contributed by atoms with E-state index in [0.29, 0.717) is 31.4 Å². The van der Waals surface area contributed by atoms with E-state index in [-0.39, 0.29) is 44.1 Å². The van der Waals surface area contributed by atoms with E-state index < -0.39 is 29.6 Å². The molecule has 11 heteroatoms. The second-order valence-electron chi connectivity index (χ2n) is 10.5. The summed E-state index contributed by atoms with van der Waals surface area (Å²) in [5.74, 6) is -2.25. The molecule has 1 spiro atoms. The van der Waals surface area contributed by atoms with Gasteiger partial charge >= 0.3 is 0 Å². The minimum atomic E-state index is -1.13. The standard InChI is InChI=1S/C28H36N6O5/c1-4-13-31(14-5-2)25(36)22-21-11-12-28(39-21)23(22)26(37)33(16-17-35)24(28)27(38)32(15-6-3)18-34-20-10-8-7-9-19(20)29-30-34/h4,6-10,21-24,35H,1,3,5,11-18H2,2H3/t21-,22+,23+,24?,28?/m1/s1. The molecule has 3 saturated heterocycles. The molecule has 11 nitrogen and oxygen atoms in total. The minimum absolute atomic E-state index is 0.0258. The van der Waals surface area contributed by atoms with Crippen molar-refractivity contribution in [3.63, 3.8) is 0 Å². The van der Waals surface area contributed by atoms with Crippen LogP contribution < -0.4 is 0 Å². The van der Waals surface area contributed by atoms with Crippen LogP contribution in [0.5, 0.6) is 0 Å². The highest BCUT2D eigenvalue weighted by Crippen LogP contribution is 2.58. The van der Waals surface area contributed by atoms with Crippen molar-refractivity contribution in [1.82, 2.24) is 29.7 Å². The first-order valence-electron chi connectivity index (χ1n) is 13.6. The van der Waals surface area contributed by atoms with Gasteiger partial charge in [-0.3, -0.25) is 14.4 Å². The Morgan fingerprint density at radius 3 is 2.67 bits per heavy atom. The summed E-state index contributed by atoms with van der Waals surface area (Å²) in [7, 11) is 0. The lowest BCUT2D eigenvalue weighted by molar-refractivity contribution is -0.150. The van der Waals surface area contributed by atoms with E-state index in [0.717, 1.165) is 11.9 Å². The van der Waals surface area contributed by atoms with E-state index >= 15 is 0 Å². The zero-order valence-corrected chi connectivity index (χ0v) is 22.3. The Labute approximate surface area is 227 Å². The van der Waals surface area contributed by atoms with Crippen LogP contribution in [0, 0.1) is 11.8 Å². The van der Waals surface area contributed by atoms with Crippen molar-refractivity contribution >= 4 is 28.8 Å². The molecular formula is C28H36N6O5. The summed E-state index contributed by atoms with van der Waals surface area (Å²) in [6, 6.07) is 6.49. The molecule has 5 rings (SSSR count). The summed E-state index contributed by atoms with van der Waals surface area (Å²) in [6.45, 7) is 10.5. The normalized spacial score (nSPS) is 27.1. The van der Waals surface area contributed by atoms with E-state index in [4.69, 9.17) is 4.74 Å². The van der Waals surface area contributed by atoms with Crippen LogP contribution in [0.3, 0.4) is 0 Å². The average molecular weight is 537 g/mol. The fourth-order valence-corrected chi connectivity index (χ4v) is 6.72. The van der Waals surface area contributed by atoms with Crippen molar-refractivity contribution in [3.05, 3.63) is 49.6 Å². The number of amides is 3. The smallest absolute Gasteiger partial charge is 0.250 e. The van der Waals surface area contributed by atoms with E-state index in [1.807, 2.05) is 31.2 Å². The van der Waals surface area contributed by atoms with Gasteiger partial charge in [-0.15, -0.1) is 18.3 Å². The summed E-state index contributed by atoms with van der Waals surface area (Å²) in [4.78, 5) is 46.7. The number of aliphatic hydroxyl groups excluding tert-OH is 1. The lowest BCUT2D eigenvalue weighted by Gasteiger charge is -2.36. The Balaban J connectivity index is 1.49. The van der Waals surface area contributed by atoms with Crippen molar-refractivity contribution in [3.8, 4) is 0 Å². The second kappa shape index (κ2) is 10.9. The average Bonchev–Trinajstić information content (AvgIpc) is 3.68. The number of β-amino-alcohol motifs (C(OH)–C–C–N with tert-alkyl or cyclic N) is 1. The van der Waals surface area contributed by atoms with Gasteiger partial charge in [0.05, 0.1) is 30.1 Å². The zero-order chi connectivity index (χ0) is 27.7. The van der Waals surface area contributed by atoms with Crippen LogP contribution in [-0.2, 0) is 25.8 Å². The number of hydrogen-bond acceptors (Lipinski definition) is 7. The number of para-hydroxylation sites is 1. The van der Waals surface area contributed by atoms with Crippen LogP contribution in [0.25, 0.3) is 11.0 Å². The second-order valence-corrected chi connectivity index (χ2v) is 10.5. The van der Waals surface area contributed by atoms with E-state index in [1.165, 1.54) is 4.90 Å². The molecule has 1 aromatic carbocycles. The predicted molar refractivity (Wildman–Crippen MR) is 143 cm³/mol. The molecule has 1 N–H and O–H groups in total. The van der Waals surface area contributed by atoms with Gasteiger partial charge in [-0.05, 0) is 31.4 Å². The van der Waals surface area contributed by atoms with Gasteiger partial charge in [-0.25, -0.2) is 4.68 Å². The number of carbonyl (C=O) groups is 3. The summed E-state index contributed by atoms with van der Waals surface area (Å²) in [6.07, 6.45) is 4.71. The highest BCUT2D eigenvalue weighted by atomic mass is 16.5. The van der Waals surface area contributed by atoms with Crippen molar-refractivity contribution in [2.45, 2.75) is 50.6 Å². The number of ether oxygens (including phenoxy) is 1. The number of likely N-dealkylation sites (tertiary alicyclic amines) is 1. The third kappa shape index (κ3) is 4.33. The summed E-state index contributed by atoms with van der Waals surface area (Å²) in [5.41, 5.74) is 0.340. The largest absolute Gasteiger partial charge is 0.395 e. The van der Waals surface area contributed by atoms with Crippen molar-refractivity contribution < 1.29 is 24.2 Å². The van der Waals surface area contributed by atoms with Crippen LogP contribution in [0.1, 0.15) is 26.2 Å². The highest BCUT2D eigenvalue weighted by molar-refractivity contribution is 5.99. The number of fused-ring (bicyclic) bond motifs is 2. The zero-order valence-electron chi connectivity index (χ0n) is 22.3. The lowest BCUT2D eigenvalue weighted by Crippen LogP contribution is -2.57. The van der Waals surface area contributed by atoms with Gasteiger partial charge in [0.1, 0.15) is 23.8 Å². The molecule has 3 aliphatic rings. The topological polar surface area (TPSA) is 121 Å². The summed E-state index contributed by atoms with van der Waals surface area (Å²) < 4.78 is 8.15. The van der Waals surface area contributed by atoms with Crippen LogP contribution in [0.15, 0.2) is 49.6 Å². The molecule has 0 radical (unpaired) electrons. The van der Waals surface area contributed by atoms with Gasteiger partial charge in [-0.1, -0.05) is 36.4 Å². The number of benzene rings is 1. The van der Waals surface area contributed by atoms with Crippen LogP contribution >= 0.6 is 0 Å². The van der Waals surface area contributed by atoms with Crippen LogP contribution in [0.4, 0.5) is 0 Å². The maximum atomic E-state index is 14.3.